The molecule has 124 valence electrons. The maximum Gasteiger partial charge on any atom is 0.165 e. The van der Waals surface area contributed by atoms with Crippen LogP contribution in [0.1, 0.15) is 31.0 Å². The van der Waals surface area contributed by atoms with Crippen LogP contribution in [-0.2, 0) is 6.61 Å². The fourth-order valence-corrected chi connectivity index (χ4v) is 2.37. The predicted molar refractivity (Wildman–Crippen MR) is 88.5 cm³/mol. The van der Waals surface area contributed by atoms with Gasteiger partial charge in [-0.1, -0.05) is 6.07 Å². The summed E-state index contributed by atoms with van der Waals surface area (Å²) in [5.41, 5.74) is 2.36. The Morgan fingerprint density at radius 2 is 1.91 bits per heavy atom. The quantitative estimate of drug-likeness (QED) is 0.813. The van der Waals surface area contributed by atoms with E-state index in [2.05, 4.69) is 5.32 Å². The second-order valence-corrected chi connectivity index (χ2v) is 5.17. The third-order valence-corrected chi connectivity index (χ3v) is 3.59. The molecule has 2 rings (SSSR count). The monoisotopic (exact) mass is 319 g/mol. The molecule has 0 aliphatic rings. The van der Waals surface area contributed by atoms with Crippen LogP contribution < -0.4 is 14.8 Å². The van der Waals surface area contributed by atoms with Crippen molar-refractivity contribution in [2.24, 2.45) is 0 Å². The number of hydrogen-bond acceptors (Lipinski definition) is 4. The van der Waals surface area contributed by atoms with Crippen LogP contribution in [0.3, 0.4) is 0 Å². The van der Waals surface area contributed by atoms with E-state index >= 15 is 0 Å². The van der Waals surface area contributed by atoms with Crippen LogP contribution in [-0.4, -0.2) is 18.8 Å². The SMILES string of the molecule is CCOc1ccc(NC(C)c2ccc(OC)c(F)c2)cc1CO. The molecule has 0 spiro atoms. The van der Waals surface area contributed by atoms with Crippen LogP contribution in [0.5, 0.6) is 11.5 Å². The van der Waals surface area contributed by atoms with Crippen LogP contribution in [0, 0.1) is 5.82 Å². The Balaban J connectivity index is 2.16. The first kappa shape index (κ1) is 17.1. The Morgan fingerprint density at radius 3 is 2.52 bits per heavy atom. The van der Waals surface area contributed by atoms with Crippen LogP contribution in [0.4, 0.5) is 10.1 Å². The Labute approximate surface area is 135 Å². The number of halogens is 1. The molecule has 2 aromatic carbocycles. The molecule has 0 aliphatic carbocycles. The molecule has 2 N–H and O–H groups in total. The number of benzene rings is 2. The number of methoxy groups -OCH3 is 1. The summed E-state index contributed by atoms with van der Waals surface area (Å²) in [4.78, 5) is 0. The van der Waals surface area contributed by atoms with E-state index in [1.165, 1.54) is 13.2 Å². The fraction of sp³-hybridized carbons (Fsp3) is 0.333. The zero-order valence-electron chi connectivity index (χ0n) is 13.6. The van der Waals surface area contributed by atoms with Crippen molar-refractivity contribution in [2.45, 2.75) is 26.5 Å². The average molecular weight is 319 g/mol. The average Bonchev–Trinajstić information content (AvgIpc) is 2.56. The first-order valence-corrected chi connectivity index (χ1v) is 7.55. The van der Waals surface area contributed by atoms with Crippen molar-refractivity contribution in [3.8, 4) is 11.5 Å². The summed E-state index contributed by atoms with van der Waals surface area (Å²) < 4.78 is 24.2. The number of hydrogen-bond donors (Lipinski definition) is 2. The van der Waals surface area contributed by atoms with Crippen LogP contribution in [0.25, 0.3) is 0 Å². The Bertz CT molecular complexity index is 661. The highest BCUT2D eigenvalue weighted by Gasteiger charge is 2.11. The van der Waals surface area contributed by atoms with Crippen LogP contribution >= 0.6 is 0 Å². The van der Waals surface area contributed by atoms with E-state index in [0.717, 1.165) is 11.3 Å². The number of anilines is 1. The van der Waals surface area contributed by atoms with Gasteiger partial charge in [0.15, 0.2) is 11.6 Å². The third-order valence-electron chi connectivity index (χ3n) is 3.59. The second-order valence-electron chi connectivity index (χ2n) is 5.17. The highest BCUT2D eigenvalue weighted by Crippen LogP contribution is 2.27. The summed E-state index contributed by atoms with van der Waals surface area (Å²) in [6.45, 7) is 4.28. The lowest BCUT2D eigenvalue weighted by Crippen LogP contribution is -2.08. The predicted octanol–water partition coefficient (Wildman–Crippen LogP) is 3.90. The van der Waals surface area contributed by atoms with Gasteiger partial charge < -0.3 is 19.9 Å². The fourth-order valence-electron chi connectivity index (χ4n) is 2.37. The number of ether oxygens (including phenoxy) is 2. The van der Waals surface area contributed by atoms with Crippen molar-refractivity contribution in [2.75, 3.05) is 19.0 Å². The van der Waals surface area contributed by atoms with Crippen LogP contribution in [0.15, 0.2) is 36.4 Å². The number of aliphatic hydroxyl groups is 1. The van der Waals surface area contributed by atoms with E-state index in [9.17, 15) is 9.50 Å². The molecular formula is C18H22FNO3. The minimum atomic E-state index is -0.388. The lowest BCUT2D eigenvalue weighted by atomic mass is 10.1. The standard InChI is InChI=1S/C18H22FNO3/c1-4-23-17-8-6-15(9-14(17)11-21)20-12(2)13-5-7-18(22-3)16(19)10-13/h5-10,12,20-21H,4,11H2,1-3H3. The van der Waals surface area contributed by atoms with Gasteiger partial charge in [-0.2, -0.15) is 0 Å². The first-order valence-electron chi connectivity index (χ1n) is 7.55. The van der Waals surface area contributed by atoms with Gasteiger partial charge in [-0.25, -0.2) is 4.39 Å². The molecular weight excluding hydrogens is 297 g/mol. The zero-order valence-corrected chi connectivity index (χ0v) is 13.6. The topological polar surface area (TPSA) is 50.7 Å². The Hall–Kier alpha value is -2.27. The molecule has 0 saturated heterocycles. The van der Waals surface area contributed by atoms with Crippen molar-refractivity contribution in [3.05, 3.63) is 53.3 Å². The van der Waals surface area contributed by atoms with E-state index in [1.807, 2.05) is 38.1 Å². The van der Waals surface area contributed by atoms with Crippen LogP contribution in [0.2, 0.25) is 0 Å². The van der Waals surface area contributed by atoms with E-state index in [-0.39, 0.29) is 24.2 Å². The molecule has 2 aromatic rings. The maximum atomic E-state index is 13.8. The molecule has 0 radical (unpaired) electrons. The molecule has 0 aliphatic heterocycles. The molecule has 0 fully saturated rings. The van der Waals surface area contributed by atoms with Gasteiger partial charge in [-0.15, -0.1) is 0 Å². The second kappa shape index (κ2) is 7.83. The molecule has 0 heterocycles. The summed E-state index contributed by atoms with van der Waals surface area (Å²) in [6.07, 6.45) is 0. The Kier molecular flexibility index (Phi) is 5.82. The van der Waals surface area contributed by atoms with Gasteiger partial charge in [0.25, 0.3) is 0 Å². The molecule has 1 atom stereocenters. The van der Waals surface area contributed by atoms with Crippen molar-refractivity contribution in [3.63, 3.8) is 0 Å². The smallest absolute Gasteiger partial charge is 0.165 e. The van der Waals surface area contributed by atoms with Gasteiger partial charge >= 0.3 is 0 Å². The van der Waals surface area contributed by atoms with Gasteiger partial charge in [-0.05, 0) is 49.7 Å². The van der Waals surface area contributed by atoms with Gasteiger partial charge in [0, 0.05) is 17.3 Å². The molecule has 1 unspecified atom stereocenters. The van der Waals surface area contributed by atoms with Gasteiger partial charge in [0.2, 0.25) is 0 Å². The summed E-state index contributed by atoms with van der Waals surface area (Å²) in [5.74, 6) is 0.509. The van der Waals surface area contributed by atoms with Gasteiger partial charge in [-0.3, -0.25) is 0 Å². The van der Waals surface area contributed by atoms with E-state index < -0.39 is 0 Å². The highest BCUT2D eigenvalue weighted by atomic mass is 19.1. The van der Waals surface area contributed by atoms with E-state index in [0.29, 0.717) is 17.9 Å². The van der Waals surface area contributed by atoms with Crippen molar-refractivity contribution in [1.29, 1.82) is 0 Å². The van der Waals surface area contributed by atoms with Crippen molar-refractivity contribution in [1.82, 2.24) is 0 Å². The Morgan fingerprint density at radius 1 is 1.17 bits per heavy atom. The van der Waals surface area contributed by atoms with Crippen molar-refractivity contribution < 1.29 is 19.0 Å². The minimum Gasteiger partial charge on any atom is -0.494 e. The normalized spacial score (nSPS) is 11.9. The number of aliphatic hydroxyl groups excluding tert-OH is 1. The third kappa shape index (κ3) is 4.13. The van der Waals surface area contributed by atoms with Crippen molar-refractivity contribution >= 4 is 5.69 Å². The molecule has 0 amide bonds. The van der Waals surface area contributed by atoms with E-state index in [1.54, 1.807) is 6.07 Å². The summed E-state index contributed by atoms with van der Waals surface area (Å²) in [6, 6.07) is 10.3. The largest absolute Gasteiger partial charge is 0.494 e. The summed E-state index contributed by atoms with van der Waals surface area (Å²) >= 11 is 0. The molecule has 0 bridgehead atoms. The lowest BCUT2D eigenvalue weighted by molar-refractivity contribution is 0.267. The van der Waals surface area contributed by atoms with E-state index in [4.69, 9.17) is 9.47 Å². The molecule has 0 saturated carbocycles. The summed E-state index contributed by atoms with van der Waals surface area (Å²) in [7, 11) is 1.44. The number of rotatable bonds is 7. The molecule has 0 aromatic heterocycles. The maximum absolute atomic E-state index is 13.8. The molecule has 4 nitrogen and oxygen atoms in total. The van der Waals surface area contributed by atoms with Gasteiger partial charge in [0.1, 0.15) is 5.75 Å². The molecule has 23 heavy (non-hydrogen) atoms. The highest BCUT2D eigenvalue weighted by molar-refractivity contribution is 5.52. The van der Waals surface area contributed by atoms with Gasteiger partial charge in [0.05, 0.1) is 20.3 Å². The lowest BCUT2D eigenvalue weighted by Gasteiger charge is -2.18. The minimum absolute atomic E-state index is 0.0973. The molecule has 5 heteroatoms. The zero-order chi connectivity index (χ0) is 16.8. The summed E-state index contributed by atoms with van der Waals surface area (Å²) in [5, 5.41) is 12.7. The number of nitrogens with one attached hydrogen (secondary N) is 1. The first-order chi connectivity index (χ1) is 11.1.